The lowest BCUT2D eigenvalue weighted by Crippen LogP contribution is -2.29. The Hall–Kier alpha value is -1.87. The van der Waals surface area contributed by atoms with E-state index in [1.165, 1.54) is 22.4 Å². The lowest BCUT2D eigenvalue weighted by atomic mass is 9.81. The highest BCUT2D eigenvalue weighted by molar-refractivity contribution is 5.58. The van der Waals surface area contributed by atoms with E-state index in [-0.39, 0.29) is 6.10 Å². The first-order valence-corrected chi connectivity index (χ1v) is 7.21. The molecule has 0 aliphatic carbocycles. The Morgan fingerprint density at radius 2 is 2.05 bits per heavy atom. The molecule has 0 radical (unpaired) electrons. The average Bonchev–Trinajstić information content (AvgIpc) is 2.97. The van der Waals surface area contributed by atoms with E-state index in [4.69, 9.17) is 4.74 Å². The molecule has 2 aliphatic rings. The van der Waals surface area contributed by atoms with E-state index in [0.29, 0.717) is 12.0 Å². The smallest absolute Gasteiger partial charge is 0.0896 e. The second-order valence-electron chi connectivity index (χ2n) is 5.74. The standard InChI is InChI=1S/C17H18N2O/c1-11-2-3-15-14(10-11)17-13(6-9-20-17)16(19-15)12-4-7-18-8-5-12/h2-5,7-8,10,13,16-17,19H,6,9H2,1H3/t13-,16-,17+/m0/s1. The van der Waals surface area contributed by atoms with Gasteiger partial charge in [-0.3, -0.25) is 4.98 Å². The Labute approximate surface area is 119 Å². The first-order chi connectivity index (χ1) is 9.83. The number of anilines is 1. The Morgan fingerprint density at radius 3 is 2.90 bits per heavy atom. The maximum atomic E-state index is 6.03. The molecule has 1 fully saturated rings. The number of pyridine rings is 1. The maximum absolute atomic E-state index is 6.03. The van der Waals surface area contributed by atoms with Crippen molar-refractivity contribution in [3.8, 4) is 0 Å². The summed E-state index contributed by atoms with van der Waals surface area (Å²) in [5.41, 5.74) is 5.12. The Morgan fingerprint density at radius 1 is 1.20 bits per heavy atom. The number of aromatic nitrogens is 1. The van der Waals surface area contributed by atoms with Crippen LogP contribution < -0.4 is 5.32 Å². The molecule has 3 atom stereocenters. The van der Waals surface area contributed by atoms with E-state index >= 15 is 0 Å². The Bertz CT molecular complexity index is 626. The maximum Gasteiger partial charge on any atom is 0.0896 e. The zero-order valence-corrected chi connectivity index (χ0v) is 11.5. The molecule has 1 saturated heterocycles. The van der Waals surface area contributed by atoms with Crippen molar-refractivity contribution >= 4 is 5.69 Å². The van der Waals surface area contributed by atoms with Crippen LogP contribution in [0.2, 0.25) is 0 Å². The molecule has 3 heterocycles. The van der Waals surface area contributed by atoms with Crippen LogP contribution in [0.1, 0.15) is 35.3 Å². The highest BCUT2D eigenvalue weighted by Crippen LogP contribution is 2.49. The third-order valence-corrected chi connectivity index (χ3v) is 4.46. The largest absolute Gasteiger partial charge is 0.378 e. The van der Waals surface area contributed by atoms with Crippen LogP contribution in [0.3, 0.4) is 0 Å². The van der Waals surface area contributed by atoms with Gasteiger partial charge in [-0.1, -0.05) is 17.7 Å². The van der Waals surface area contributed by atoms with Gasteiger partial charge in [0.15, 0.2) is 0 Å². The van der Waals surface area contributed by atoms with Gasteiger partial charge in [-0.15, -0.1) is 0 Å². The number of benzene rings is 1. The molecule has 0 unspecified atom stereocenters. The molecule has 20 heavy (non-hydrogen) atoms. The predicted octanol–water partition coefficient (Wildman–Crippen LogP) is 3.63. The highest BCUT2D eigenvalue weighted by Gasteiger charge is 2.41. The second kappa shape index (κ2) is 4.60. The first kappa shape index (κ1) is 11.9. The van der Waals surface area contributed by atoms with Gasteiger partial charge in [-0.2, -0.15) is 0 Å². The molecule has 0 amide bonds. The van der Waals surface area contributed by atoms with Gasteiger partial charge >= 0.3 is 0 Å². The van der Waals surface area contributed by atoms with Gasteiger partial charge in [-0.25, -0.2) is 0 Å². The van der Waals surface area contributed by atoms with Crippen LogP contribution in [0.5, 0.6) is 0 Å². The summed E-state index contributed by atoms with van der Waals surface area (Å²) in [4.78, 5) is 4.12. The van der Waals surface area contributed by atoms with E-state index in [0.717, 1.165) is 13.0 Å². The summed E-state index contributed by atoms with van der Waals surface area (Å²) in [5, 5.41) is 3.70. The summed E-state index contributed by atoms with van der Waals surface area (Å²) >= 11 is 0. The minimum atomic E-state index is 0.226. The van der Waals surface area contributed by atoms with Gasteiger partial charge in [0.1, 0.15) is 0 Å². The van der Waals surface area contributed by atoms with Crippen LogP contribution in [-0.2, 0) is 4.74 Å². The summed E-state index contributed by atoms with van der Waals surface area (Å²) in [7, 11) is 0. The molecule has 0 spiro atoms. The third kappa shape index (κ3) is 1.81. The van der Waals surface area contributed by atoms with E-state index in [1.54, 1.807) is 0 Å². The number of ether oxygens (including phenoxy) is 1. The summed E-state index contributed by atoms with van der Waals surface area (Å²) < 4.78 is 6.03. The summed E-state index contributed by atoms with van der Waals surface area (Å²) in [6, 6.07) is 11.1. The van der Waals surface area contributed by atoms with Crippen molar-refractivity contribution in [1.29, 1.82) is 0 Å². The average molecular weight is 266 g/mol. The molecule has 3 nitrogen and oxygen atoms in total. The zero-order valence-electron chi connectivity index (χ0n) is 11.5. The van der Waals surface area contributed by atoms with Gasteiger partial charge in [-0.05, 0) is 37.1 Å². The fourth-order valence-corrected chi connectivity index (χ4v) is 3.49. The minimum Gasteiger partial charge on any atom is -0.378 e. The van der Waals surface area contributed by atoms with Gasteiger partial charge in [0, 0.05) is 36.2 Å². The molecular formula is C17H18N2O. The quantitative estimate of drug-likeness (QED) is 0.855. The predicted molar refractivity (Wildman–Crippen MR) is 78.6 cm³/mol. The van der Waals surface area contributed by atoms with Crippen molar-refractivity contribution in [2.24, 2.45) is 5.92 Å². The van der Waals surface area contributed by atoms with Crippen LogP contribution in [0.15, 0.2) is 42.7 Å². The normalized spacial score (nSPS) is 27.6. The van der Waals surface area contributed by atoms with Gasteiger partial charge in [0.25, 0.3) is 0 Å². The molecule has 0 bridgehead atoms. The SMILES string of the molecule is Cc1ccc2c(c1)[C@@H]1OCC[C@H]1[C@H](c1ccncc1)N2. The topological polar surface area (TPSA) is 34.1 Å². The molecule has 2 aromatic rings. The van der Waals surface area contributed by atoms with Crippen molar-refractivity contribution < 1.29 is 4.74 Å². The minimum absolute atomic E-state index is 0.226. The van der Waals surface area contributed by atoms with Gasteiger partial charge in [0.2, 0.25) is 0 Å². The molecule has 102 valence electrons. The van der Waals surface area contributed by atoms with E-state index in [2.05, 4.69) is 47.6 Å². The van der Waals surface area contributed by atoms with Crippen LogP contribution >= 0.6 is 0 Å². The molecule has 1 aromatic heterocycles. The summed E-state index contributed by atoms with van der Waals surface area (Å²) in [5.74, 6) is 0.506. The summed E-state index contributed by atoms with van der Waals surface area (Å²) in [6.45, 7) is 2.99. The second-order valence-corrected chi connectivity index (χ2v) is 5.74. The molecular weight excluding hydrogens is 248 g/mol. The first-order valence-electron chi connectivity index (χ1n) is 7.21. The highest BCUT2D eigenvalue weighted by atomic mass is 16.5. The van der Waals surface area contributed by atoms with Crippen molar-refractivity contribution in [2.75, 3.05) is 11.9 Å². The molecule has 2 aliphatic heterocycles. The number of hydrogen-bond acceptors (Lipinski definition) is 3. The van der Waals surface area contributed by atoms with E-state index in [9.17, 15) is 0 Å². The number of nitrogens with zero attached hydrogens (tertiary/aromatic N) is 1. The zero-order chi connectivity index (χ0) is 13.5. The summed E-state index contributed by atoms with van der Waals surface area (Å²) in [6.07, 6.45) is 5.07. The number of rotatable bonds is 1. The van der Waals surface area contributed by atoms with E-state index < -0.39 is 0 Å². The van der Waals surface area contributed by atoms with Crippen LogP contribution in [-0.4, -0.2) is 11.6 Å². The van der Waals surface area contributed by atoms with Crippen LogP contribution in [0, 0.1) is 12.8 Å². The fourth-order valence-electron chi connectivity index (χ4n) is 3.49. The fraction of sp³-hybridized carbons (Fsp3) is 0.353. The van der Waals surface area contributed by atoms with Crippen molar-refractivity contribution in [1.82, 2.24) is 4.98 Å². The number of nitrogens with one attached hydrogen (secondary N) is 1. The molecule has 1 N–H and O–H groups in total. The molecule has 4 rings (SSSR count). The molecule has 1 aromatic carbocycles. The van der Waals surface area contributed by atoms with Crippen molar-refractivity contribution in [2.45, 2.75) is 25.5 Å². The monoisotopic (exact) mass is 266 g/mol. The molecule has 0 saturated carbocycles. The van der Waals surface area contributed by atoms with Crippen LogP contribution in [0.25, 0.3) is 0 Å². The van der Waals surface area contributed by atoms with Crippen molar-refractivity contribution in [3.63, 3.8) is 0 Å². The lowest BCUT2D eigenvalue weighted by molar-refractivity contribution is 0.0829. The number of aryl methyl sites for hydroxylation is 1. The van der Waals surface area contributed by atoms with Gasteiger partial charge in [0.05, 0.1) is 12.1 Å². The lowest BCUT2D eigenvalue weighted by Gasteiger charge is -2.36. The third-order valence-electron chi connectivity index (χ3n) is 4.46. The molecule has 3 heteroatoms. The number of hydrogen-bond donors (Lipinski definition) is 1. The van der Waals surface area contributed by atoms with Crippen molar-refractivity contribution in [3.05, 3.63) is 59.4 Å². The van der Waals surface area contributed by atoms with Crippen LogP contribution in [0.4, 0.5) is 5.69 Å². The van der Waals surface area contributed by atoms with Gasteiger partial charge < -0.3 is 10.1 Å². The Balaban J connectivity index is 1.79. The number of fused-ring (bicyclic) bond motifs is 3. The Kier molecular flexibility index (Phi) is 2.74. The van der Waals surface area contributed by atoms with E-state index in [1.807, 2.05) is 12.4 Å².